The van der Waals surface area contributed by atoms with E-state index >= 15 is 0 Å². The first-order chi connectivity index (χ1) is 16.1. The molecule has 1 heterocycles. The van der Waals surface area contributed by atoms with E-state index in [1.807, 2.05) is 0 Å². The van der Waals surface area contributed by atoms with Crippen LogP contribution in [0.5, 0.6) is 5.75 Å². The average molecular weight is 486 g/mol. The van der Waals surface area contributed by atoms with Crippen molar-refractivity contribution >= 4 is 15.8 Å². The summed E-state index contributed by atoms with van der Waals surface area (Å²) in [5.41, 5.74) is -0.264. The number of aromatic nitrogens is 1. The predicted octanol–water partition coefficient (Wildman–Crippen LogP) is 5.16. The van der Waals surface area contributed by atoms with Gasteiger partial charge in [0.15, 0.2) is 14.6 Å². The topological polar surface area (TPSA) is 82.6 Å². The summed E-state index contributed by atoms with van der Waals surface area (Å²) in [6.45, 7) is 7.26. The molecule has 0 N–H and O–H groups in total. The fraction of sp³-hybridized carbons (Fsp3) is 0.481. The summed E-state index contributed by atoms with van der Waals surface area (Å²) in [5, 5.41) is 0. The fourth-order valence-corrected chi connectivity index (χ4v) is 5.27. The molecule has 0 radical (unpaired) electrons. The summed E-state index contributed by atoms with van der Waals surface area (Å²) in [7, 11) is -2.71. The van der Waals surface area contributed by atoms with E-state index in [9.17, 15) is 13.2 Å². The molecule has 0 amide bonds. The number of rotatable bonds is 10. The van der Waals surface area contributed by atoms with E-state index in [0.29, 0.717) is 17.7 Å². The van der Waals surface area contributed by atoms with Gasteiger partial charge in [-0.2, -0.15) is 0 Å². The molecule has 0 fully saturated rings. The highest BCUT2D eigenvalue weighted by molar-refractivity contribution is 7.93. The van der Waals surface area contributed by atoms with Gasteiger partial charge in [0, 0.05) is 31.7 Å². The summed E-state index contributed by atoms with van der Waals surface area (Å²) in [4.78, 5) is 17.8. The van der Waals surface area contributed by atoms with Crippen molar-refractivity contribution in [1.29, 1.82) is 0 Å². The molecule has 0 aliphatic rings. The van der Waals surface area contributed by atoms with Gasteiger partial charge in [0.1, 0.15) is 11.4 Å². The Balaban J connectivity index is 2.64. The van der Waals surface area contributed by atoms with Crippen LogP contribution in [0, 0.1) is 11.8 Å². The first-order valence-electron chi connectivity index (χ1n) is 11.5. The van der Waals surface area contributed by atoms with E-state index in [1.54, 1.807) is 57.4 Å². The van der Waals surface area contributed by atoms with Crippen LogP contribution >= 0.6 is 0 Å². The number of nitrogens with zero attached hydrogens (tertiary/aromatic N) is 1. The number of ether oxygens (including phenoxy) is 2. The van der Waals surface area contributed by atoms with Crippen molar-refractivity contribution in [3.63, 3.8) is 0 Å². The van der Waals surface area contributed by atoms with E-state index < -0.39 is 26.2 Å². The molecule has 2 aromatic rings. The van der Waals surface area contributed by atoms with E-state index in [0.717, 1.165) is 19.3 Å². The SMILES string of the molecule is CCCCCC#CCC(Cc1cccnc1)(C(=O)OC(C)(C)C)S(=O)(=O)c1ccc(OC)cc1. The Hall–Kier alpha value is -2.85. The third kappa shape index (κ3) is 7.07. The smallest absolute Gasteiger partial charge is 0.329 e. The maximum Gasteiger partial charge on any atom is 0.329 e. The van der Waals surface area contributed by atoms with Crippen LogP contribution in [-0.4, -0.2) is 36.8 Å². The maximum atomic E-state index is 14.1. The minimum atomic E-state index is -4.22. The summed E-state index contributed by atoms with van der Waals surface area (Å²) in [6, 6.07) is 9.49. The predicted molar refractivity (Wildman–Crippen MR) is 133 cm³/mol. The van der Waals surface area contributed by atoms with Gasteiger partial charge in [-0.25, -0.2) is 8.42 Å². The van der Waals surface area contributed by atoms with Crippen LogP contribution in [0.3, 0.4) is 0 Å². The molecule has 1 aromatic heterocycles. The number of sulfone groups is 1. The van der Waals surface area contributed by atoms with E-state index in [4.69, 9.17) is 9.47 Å². The summed E-state index contributed by atoms with van der Waals surface area (Å²) >= 11 is 0. The quantitative estimate of drug-likeness (QED) is 0.263. The molecule has 1 aromatic carbocycles. The molecule has 2 rings (SSSR count). The van der Waals surface area contributed by atoms with Gasteiger partial charge in [-0.15, -0.1) is 11.8 Å². The molecule has 0 saturated carbocycles. The van der Waals surface area contributed by atoms with Crippen LogP contribution in [0.25, 0.3) is 0 Å². The molecule has 1 unspecified atom stereocenters. The molecular formula is C27H35NO5S. The number of hydrogen-bond donors (Lipinski definition) is 0. The van der Waals surface area contributed by atoms with Crippen LogP contribution < -0.4 is 4.74 Å². The van der Waals surface area contributed by atoms with Crippen LogP contribution in [0.1, 0.15) is 65.4 Å². The lowest BCUT2D eigenvalue weighted by atomic mass is 9.95. The van der Waals surface area contributed by atoms with Crippen LogP contribution in [0.15, 0.2) is 53.7 Å². The second kappa shape index (κ2) is 12.0. The monoisotopic (exact) mass is 485 g/mol. The minimum Gasteiger partial charge on any atom is -0.497 e. The zero-order chi connectivity index (χ0) is 25.2. The number of methoxy groups -OCH3 is 1. The summed E-state index contributed by atoms with van der Waals surface area (Å²) < 4.78 is 37.2. The molecular weight excluding hydrogens is 450 g/mol. The highest BCUT2D eigenvalue weighted by atomic mass is 32.2. The zero-order valence-electron chi connectivity index (χ0n) is 20.8. The Morgan fingerprint density at radius 1 is 1.06 bits per heavy atom. The lowest BCUT2D eigenvalue weighted by Crippen LogP contribution is -2.51. The highest BCUT2D eigenvalue weighted by Crippen LogP contribution is 2.36. The van der Waals surface area contributed by atoms with E-state index in [1.165, 1.54) is 19.2 Å². The number of unbranched alkanes of at least 4 members (excludes halogenated alkanes) is 3. The normalized spacial score (nSPS) is 13.3. The molecule has 0 saturated heterocycles. The second-order valence-corrected chi connectivity index (χ2v) is 11.5. The second-order valence-electron chi connectivity index (χ2n) is 9.20. The molecule has 0 aliphatic heterocycles. The van der Waals surface area contributed by atoms with Crippen molar-refractivity contribution in [1.82, 2.24) is 4.98 Å². The molecule has 34 heavy (non-hydrogen) atoms. The zero-order valence-corrected chi connectivity index (χ0v) is 21.6. The van der Waals surface area contributed by atoms with Crippen molar-refractivity contribution in [2.75, 3.05) is 7.11 Å². The number of benzene rings is 1. The van der Waals surface area contributed by atoms with E-state index in [-0.39, 0.29) is 17.7 Å². The molecule has 0 spiro atoms. The Morgan fingerprint density at radius 3 is 2.32 bits per heavy atom. The Morgan fingerprint density at radius 2 is 1.76 bits per heavy atom. The maximum absolute atomic E-state index is 14.1. The van der Waals surface area contributed by atoms with Gasteiger partial charge in [0.25, 0.3) is 0 Å². The van der Waals surface area contributed by atoms with Gasteiger partial charge in [-0.05, 0) is 63.1 Å². The molecule has 7 heteroatoms. The van der Waals surface area contributed by atoms with Gasteiger partial charge in [-0.3, -0.25) is 9.78 Å². The van der Waals surface area contributed by atoms with Crippen LogP contribution in [-0.2, 0) is 25.8 Å². The third-order valence-electron chi connectivity index (χ3n) is 5.27. The van der Waals surface area contributed by atoms with Crippen molar-refractivity contribution in [2.45, 2.75) is 81.5 Å². The lowest BCUT2D eigenvalue weighted by Gasteiger charge is -2.33. The van der Waals surface area contributed by atoms with Gasteiger partial charge in [-0.1, -0.05) is 25.8 Å². The minimum absolute atomic E-state index is 0.0100. The van der Waals surface area contributed by atoms with Crippen LogP contribution in [0.2, 0.25) is 0 Å². The highest BCUT2D eigenvalue weighted by Gasteiger charge is 2.53. The molecule has 0 bridgehead atoms. The first kappa shape index (κ1) is 27.4. The Labute approximate surface area is 204 Å². The largest absolute Gasteiger partial charge is 0.497 e. The number of carbonyl (C=O) groups excluding carboxylic acids is 1. The summed E-state index contributed by atoms with van der Waals surface area (Å²) in [5.74, 6) is 5.76. The molecule has 0 aliphatic carbocycles. The number of esters is 1. The average Bonchev–Trinajstić information content (AvgIpc) is 2.80. The number of hydrogen-bond acceptors (Lipinski definition) is 6. The van der Waals surface area contributed by atoms with Gasteiger partial charge in [0.05, 0.1) is 12.0 Å². The van der Waals surface area contributed by atoms with Gasteiger partial charge < -0.3 is 9.47 Å². The van der Waals surface area contributed by atoms with Crippen LogP contribution in [0.4, 0.5) is 0 Å². The van der Waals surface area contributed by atoms with Gasteiger partial charge >= 0.3 is 5.97 Å². The molecule has 6 nitrogen and oxygen atoms in total. The van der Waals surface area contributed by atoms with Crippen molar-refractivity contribution in [2.24, 2.45) is 0 Å². The number of carbonyl (C=O) groups is 1. The standard InChI is InChI=1S/C27H35NO5S/c1-6-7-8-9-10-11-18-27(25(29)33-26(2,3)4,20-22-13-12-19-28-21-22)34(30,31)24-16-14-23(32-5)15-17-24/h12-17,19,21H,6-9,18,20H2,1-5H3. The Kier molecular flexibility index (Phi) is 9.69. The molecule has 1 atom stereocenters. The Bertz CT molecular complexity index is 1090. The van der Waals surface area contributed by atoms with Crippen molar-refractivity contribution in [3.05, 3.63) is 54.4 Å². The van der Waals surface area contributed by atoms with E-state index in [2.05, 4.69) is 23.7 Å². The van der Waals surface area contributed by atoms with Gasteiger partial charge in [0.2, 0.25) is 0 Å². The van der Waals surface area contributed by atoms with Crippen molar-refractivity contribution in [3.8, 4) is 17.6 Å². The summed E-state index contributed by atoms with van der Waals surface area (Å²) in [6.07, 6.45) is 6.57. The first-order valence-corrected chi connectivity index (χ1v) is 13.0. The number of pyridine rings is 1. The van der Waals surface area contributed by atoms with Crippen molar-refractivity contribution < 1.29 is 22.7 Å². The lowest BCUT2D eigenvalue weighted by molar-refractivity contribution is -0.158. The fourth-order valence-electron chi connectivity index (χ4n) is 3.45. The molecule has 184 valence electrons. The third-order valence-corrected chi connectivity index (χ3v) is 7.65.